The summed E-state index contributed by atoms with van der Waals surface area (Å²) in [5, 5.41) is 0. The Bertz CT molecular complexity index is 735. The number of nitrogens with zero attached hydrogens (tertiary/aromatic N) is 2. The van der Waals surface area contributed by atoms with Gasteiger partial charge < -0.3 is 14.2 Å². The van der Waals surface area contributed by atoms with E-state index in [2.05, 4.69) is 0 Å². The molecule has 0 aliphatic carbocycles. The molecule has 1 atom stereocenters. The van der Waals surface area contributed by atoms with E-state index in [9.17, 15) is 9.59 Å². The number of para-hydroxylation sites is 2. The van der Waals surface area contributed by atoms with Crippen molar-refractivity contribution in [1.29, 1.82) is 0 Å². The zero-order valence-electron chi connectivity index (χ0n) is 12.9. The van der Waals surface area contributed by atoms with Crippen LogP contribution in [0.5, 0.6) is 0 Å². The molecule has 0 saturated carbocycles. The van der Waals surface area contributed by atoms with Crippen molar-refractivity contribution in [3.05, 3.63) is 47.9 Å². The van der Waals surface area contributed by atoms with Crippen LogP contribution in [0, 0.1) is 12.8 Å². The quantitative estimate of drug-likeness (QED) is 0.813. The maximum absolute atomic E-state index is 12.9. The molecule has 1 aliphatic heterocycles. The molecule has 5 heteroatoms. The van der Waals surface area contributed by atoms with Crippen LogP contribution in [0.1, 0.15) is 23.0 Å². The lowest BCUT2D eigenvalue weighted by atomic mass is 10.1. The molecule has 1 aliphatic rings. The van der Waals surface area contributed by atoms with Crippen LogP contribution >= 0.6 is 0 Å². The summed E-state index contributed by atoms with van der Waals surface area (Å²) in [6.07, 6.45) is 1.51. The summed E-state index contributed by atoms with van der Waals surface area (Å²) < 4.78 is 5.33. The van der Waals surface area contributed by atoms with Crippen molar-refractivity contribution in [2.75, 3.05) is 23.4 Å². The minimum absolute atomic E-state index is 0.00100. The van der Waals surface area contributed by atoms with Gasteiger partial charge >= 0.3 is 0 Å². The molecule has 1 unspecified atom stereocenters. The Morgan fingerprint density at radius 1 is 1.23 bits per heavy atom. The first-order valence-corrected chi connectivity index (χ1v) is 7.23. The number of rotatable bonds is 1. The first kappa shape index (κ1) is 14.4. The van der Waals surface area contributed by atoms with E-state index in [4.69, 9.17) is 4.42 Å². The summed E-state index contributed by atoms with van der Waals surface area (Å²) in [7, 11) is 1.74. The average Bonchev–Trinajstić information content (AvgIpc) is 2.92. The van der Waals surface area contributed by atoms with E-state index in [1.54, 1.807) is 22.9 Å². The molecule has 1 aromatic carbocycles. The molecule has 2 aromatic rings. The third kappa shape index (κ3) is 2.19. The Kier molecular flexibility index (Phi) is 3.48. The van der Waals surface area contributed by atoms with Gasteiger partial charge in [-0.1, -0.05) is 19.1 Å². The van der Waals surface area contributed by atoms with Crippen molar-refractivity contribution in [2.45, 2.75) is 13.8 Å². The van der Waals surface area contributed by atoms with Gasteiger partial charge in [0.05, 0.1) is 23.6 Å². The Balaban J connectivity index is 2.11. The second-order valence-corrected chi connectivity index (χ2v) is 5.64. The van der Waals surface area contributed by atoms with E-state index in [0.29, 0.717) is 12.3 Å². The molecule has 3 rings (SSSR count). The van der Waals surface area contributed by atoms with E-state index in [-0.39, 0.29) is 17.7 Å². The van der Waals surface area contributed by atoms with Gasteiger partial charge in [-0.15, -0.1) is 0 Å². The van der Waals surface area contributed by atoms with Crippen molar-refractivity contribution in [3.63, 3.8) is 0 Å². The molecule has 5 nitrogen and oxygen atoms in total. The maximum atomic E-state index is 12.9. The molecule has 114 valence electrons. The first-order chi connectivity index (χ1) is 10.5. The lowest BCUT2D eigenvalue weighted by molar-refractivity contribution is -0.121. The van der Waals surface area contributed by atoms with E-state index in [0.717, 1.165) is 16.9 Å². The van der Waals surface area contributed by atoms with Crippen molar-refractivity contribution in [2.24, 2.45) is 5.92 Å². The average molecular weight is 298 g/mol. The van der Waals surface area contributed by atoms with E-state index in [1.807, 2.05) is 38.1 Å². The third-order valence-corrected chi connectivity index (χ3v) is 4.04. The van der Waals surface area contributed by atoms with Gasteiger partial charge in [-0.3, -0.25) is 9.59 Å². The van der Waals surface area contributed by atoms with Crippen LogP contribution in [0.4, 0.5) is 11.4 Å². The molecular formula is C17H18N2O3. The van der Waals surface area contributed by atoms with Crippen LogP contribution in [0.2, 0.25) is 0 Å². The maximum Gasteiger partial charge on any atom is 0.294 e. The number of furan rings is 1. The highest BCUT2D eigenvalue weighted by atomic mass is 16.3. The van der Waals surface area contributed by atoms with Crippen LogP contribution in [0.15, 0.2) is 41.0 Å². The van der Waals surface area contributed by atoms with Crippen LogP contribution < -0.4 is 9.80 Å². The van der Waals surface area contributed by atoms with Crippen LogP contribution in [-0.4, -0.2) is 25.4 Å². The third-order valence-electron chi connectivity index (χ3n) is 4.04. The molecule has 22 heavy (non-hydrogen) atoms. The molecular weight excluding hydrogens is 280 g/mol. The van der Waals surface area contributed by atoms with Gasteiger partial charge in [0.15, 0.2) is 5.76 Å². The van der Waals surface area contributed by atoms with E-state index in [1.165, 1.54) is 6.26 Å². The molecule has 1 aromatic heterocycles. The summed E-state index contributed by atoms with van der Waals surface area (Å²) in [6.45, 7) is 4.00. The SMILES string of the molecule is Cc1ccoc1C(=O)N1CC(C)C(=O)N(C)c2ccccc21. The lowest BCUT2D eigenvalue weighted by Gasteiger charge is -2.23. The smallest absolute Gasteiger partial charge is 0.294 e. The summed E-state index contributed by atoms with van der Waals surface area (Å²) in [6, 6.07) is 9.19. The molecule has 0 saturated heterocycles. The van der Waals surface area contributed by atoms with E-state index < -0.39 is 0 Å². The Labute approximate surface area is 129 Å². The molecule has 0 fully saturated rings. The van der Waals surface area contributed by atoms with Crippen LogP contribution in [0.25, 0.3) is 0 Å². The minimum atomic E-state index is -0.281. The number of benzene rings is 1. The van der Waals surface area contributed by atoms with Gasteiger partial charge in [0.25, 0.3) is 5.91 Å². The van der Waals surface area contributed by atoms with Crippen molar-refractivity contribution in [1.82, 2.24) is 0 Å². The number of hydrogen-bond donors (Lipinski definition) is 0. The van der Waals surface area contributed by atoms with Crippen LogP contribution in [0.3, 0.4) is 0 Å². The number of anilines is 2. The molecule has 0 spiro atoms. The monoisotopic (exact) mass is 298 g/mol. The summed E-state index contributed by atoms with van der Waals surface area (Å²) in [4.78, 5) is 28.5. The Morgan fingerprint density at radius 3 is 2.55 bits per heavy atom. The summed E-state index contributed by atoms with van der Waals surface area (Å²) >= 11 is 0. The van der Waals surface area contributed by atoms with E-state index >= 15 is 0 Å². The lowest BCUT2D eigenvalue weighted by Crippen LogP contribution is -2.37. The summed E-state index contributed by atoms with van der Waals surface area (Å²) in [5.74, 6) is -0.181. The molecule has 2 heterocycles. The molecule has 0 bridgehead atoms. The predicted octanol–water partition coefficient (Wildman–Crippen LogP) is 2.85. The second-order valence-electron chi connectivity index (χ2n) is 5.64. The van der Waals surface area contributed by atoms with Gasteiger partial charge in [-0.2, -0.15) is 0 Å². The highest BCUT2D eigenvalue weighted by Crippen LogP contribution is 2.34. The minimum Gasteiger partial charge on any atom is -0.459 e. The molecule has 0 N–H and O–H groups in total. The topological polar surface area (TPSA) is 53.8 Å². The molecule has 0 radical (unpaired) electrons. The zero-order chi connectivity index (χ0) is 15.9. The number of hydrogen-bond acceptors (Lipinski definition) is 3. The van der Waals surface area contributed by atoms with Crippen molar-refractivity contribution >= 4 is 23.2 Å². The Morgan fingerprint density at radius 2 is 1.91 bits per heavy atom. The normalized spacial score (nSPS) is 18.1. The first-order valence-electron chi connectivity index (χ1n) is 7.23. The highest BCUT2D eigenvalue weighted by Gasteiger charge is 2.33. The van der Waals surface area contributed by atoms with Crippen molar-refractivity contribution in [3.8, 4) is 0 Å². The van der Waals surface area contributed by atoms with Gasteiger partial charge in [0.1, 0.15) is 0 Å². The number of aryl methyl sites for hydroxylation is 1. The number of amides is 2. The van der Waals surface area contributed by atoms with Crippen molar-refractivity contribution < 1.29 is 14.0 Å². The zero-order valence-corrected chi connectivity index (χ0v) is 12.9. The molecule has 2 amide bonds. The standard InChI is InChI=1S/C17H18N2O3/c1-11-8-9-22-15(11)17(21)19-10-12(2)16(20)18(3)13-6-4-5-7-14(13)19/h4-9,12H,10H2,1-3H3. The fourth-order valence-corrected chi connectivity index (χ4v) is 2.78. The van der Waals surface area contributed by atoms with Gasteiger partial charge in [-0.25, -0.2) is 0 Å². The Hall–Kier alpha value is -2.56. The highest BCUT2D eigenvalue weighted by molar-refractivity contribution is 6.10. The number of fused-ring (bicyclic) bond motifs is 1. The van der Waals surface area contributed by atoms with Crippen LogP contribution in [-0.2, 0) is 4.79 Å². The number of carbonyl (C=O) groups is 2. The second kappa shape index (κ2) is 5.33. The van der Waals surface area contributed by atoms with Gasteiger partial charge in [0.2, 0.25) is 5.91 Å². The number of carbonyl (C=O) groups excluding carboxylic acids is 2. The largest absolute Gasteiger partial charge is 0.459 e. The van der Waals surface area contributed by atoms with Gasteiger partial charge in [-0.05, 0) is 25.1 Å². The fourth-order valence-electron chi connectivity index (χ4n) is 2.78. The fraction of sp³-hybridized carbons (Fsp3) is 0.294. The summed E-state index contributed by atoms with van der Waals surface area (Å²) in [5.41, 5.74) is 2.25. The predicted molar refractivity (Wildman–Crippen MR) is 84.1 cm³/mol. The van der Waals surface area contributed by atoms with Gasteiger partial charge in [0, 0.05) is 19.2 Å².